The Morgan fingerprint density at radius 3 is 1.43 bits per heavy atom. The highest BCUT2D eigenvalue weighted by Gasteiger charge is 2.41. The van der Waals surface area contributed by atoms with Gasteiger partial charge in [-0.1, -0.05) is 24.3 Å². The highest BCUT2D eigenvalue weighted by Crippen LogP contribution is 2.44. The lowest BCUT2D eigenvalue weighted by atomic mass is 9.99. The summed E-state index contributed by atoms with van der Waals surface area (Å²) in [5.41, 5.74) is 11.8. The van der Waals surface area contributed by atoms with Gasteiger partial charge in [-0.15, -0.1) is 0 Å². The fraction of sp³-hybridized carbons (Fsp3) is 0.429. The molecule has 4 aromatic carbocycles. The molecule has 0 bridgehead atoms. The second-order valence-corrected chi connectivity index (χ2v) is 20.7. The van der Waals surface area contributed by atoms with Crippen molar-refractivity contribution in [3.63, 3.8) is 0 Å². The molecule has 0 aliphatic carbocycles. The summed E-state index contributed by atoms with van der Waals surface area (Å²) in [5.74, 6) is 0. The number of fused-ring (bicyclic) bond motifs is 6. The van der Waals surface area contributed by atoms with Crippen LogP contribution in [0.15, 0.2) is 84.9 Å². The van der Waals surface area contributed by atoms with Crippen molar-refractivity contribution in [3.05, 3.63) is 129 Å². The number of piperazine rings is 2. The van der Waals surface area contributed by atoms with Crippen LogP contribution in [0.3, 0.4) is 0 Å². The van der Waals surface area contributed by atoms with Crippen LogP contribution in [-0.4, -0.2) is 134 Å². The van der Waals surface area contributed by atoms with Crippen molar-refractivity contribution in [3.8, 4) is 12.1 Å². The van der Waals surface area contributed by atoms with E-state index in [-0.39, 0.29) is 0 Å². The molecule has 6 aliphatic rings. The third kappa shape index (κ3) is 10.4. The van der Waals surface area contributed by atoms with Gasteiger partial charge in [0.15, 0.2) is 0 Å². The number of benzene rings is 4. The van der Waals surface area contributed by atoms with Crippen molar-refractivity contribution in [2.24, 2.45) is 0 Å². The summed E-state index contributed by atoms with van der Waals surface area (Å²) in [5, 5.41) is 61.5. The van der Waals surface area contributed by atoms with E-state index in [9.17, 15) is 20.7 Å². The van der Waals surface area contributed by atoms with E-state index in [1.807, 2.05) is 62.4 Å². The highest BCUT2D eigenvalue weighted by molar-refractivity contribution is 5.81. The summed E-state index contributed by atoms with van der Waals surface area (Å²) in [6.07, 6.45) is 9.80. The van der Waals surface area contributed by atoms with Crippen LogP contribution < -0.4 is 30.2 Å². The van der Waals surface area contributed by atoms with Crippen LogP contribution in [0, 0.1) is 33.5 Å². The van der Waals surface area contributed by atoms with Crippen LogP contribution in [0.5, 0.6) is 0 Å². The normalized spacial score (nSPS) is 26.8. The minimum absolute atomic E-state index is 0.312. The first-order valence-corrected chi connectivity index (χ1v) is 24.8. The second-order valence-electron chi connectivity index (χ2n) is 20.7. The first-order chi connectivity index (χ1) is 33.8. The molecule has 6 aliphatic heterocycles. The molecule has 6 atom stereocenters. The van der Waals surface area contributed by atoms with E-state index < -0.39 is 11.2 Å². The number of nitrogens with one attached hydrogen (secondary N) is 4. The van der Waals surface area contributed by atoms with Gasteiger partial charge < -0.3 is 51.3 Å². The van der Waals surface area contributed by atoms with Crippen LogP contribution in [0.4, 0.5) is 22.7 Å². The Hall–Kier alpha value is -6.36. The van der Waals surface area contributed by atoms with Gasteiger partial charge in [-0.25, -0.2) is 0 Å². The number of hydrogen-bond acceptors (Lipinski definition) is 14. The fourth-order valence-electron chi connectivity index (χ4n) is 11.7. The Labute approximate surface area is 413 Å². The summed E-state index contributed by atoms with van der Waals surface area (Å²) in [6.45, 7) is 19.9. The standard InChI is InChI=1S/2C28H34N6O/c2*1-20-15-33(26-8-5-21(14-30)12-22(26)4-3-9-29)17-27-25-7-6-24(13-23(25)16-34(20)27)32-11-10-31-18-28(2,35)19-32/h2*3-9,12-13,20,27,29,31,35H,10-11,15-19H2,1-2H3/b2*4-3-,29-9?/t20-,27-,28+;20-,27-,28-/m11/s1. The number of β-amino-alcohol motifs (C(OH)–C–C–N with tert-alkyl or cyclic N) is 2. The number of aliphatic hydroxyl groups is 2. The van der Waals surface area contributed by atoms with Gasteiger partial charge in [-0.3, -0.25) is 9.80 Å². The molecule has 0 unspecified atom stereocenters. The van der Waals surface area contributed by atoms with Crippen LogP contribution in [0.25, 0.3) is 12.2 Å². The van der Waals surface area contributed by atoms with E-state index in [0.717, 1.165) is 87.9 Å². The zero-order valence-corrected chi connectivity index (χ0v) is 41.1. The third-order valence-corrected chi connectivity index (χ3v) is 15.0. The molecule has 0 spiro atoms. The van der Waals surface area contributed by atoms with Crippen molar-refractivity contribution < 1.29 is 10.2 Å². The van der Waals surface area contributed by atoms with Gasteiger partial charge in [0.05, 0.1) is 46.6 Å². The maximum atomic E-state index is 10.7. The molecule has 14 nitrogen and oxygen atoms in total. The SMILES string of the molecule is C[C@@H]1CN(c2ccc(C#N)cc2/C=C\C=N)C[C@@H]2c3ccc(N4CCNC[C@@](C)(O)C4)cc3CN12.C[C@@H]1CN(c2ccc(C#N)cc2/C=C\C=N)C[C@@H]2c3ccc(N4CCNC[C@](C)(O)C4)cc3CN12. The molecule has 0 aromatic heterocycles. The van der Waals surface area contributed by atoms with Crippen LogP contribution in [0.2, 0.25) is 0 Å². The summed E-state index contributed by atoms with van der Waals surface area (Å²) in [7, 11) is 0. The van der Waals surface area contributed by atoms with E-state index in [2.05, 4.69) is 102 Å². The predicted molar refractivity (Wildman–Crippen MR) is 282 cm³/mol. The Kier molecular flexibility index (Phi) is 14.3. The molecule has 0 saturated carbocycles. The van der Waals surface area contributed by atoms with E-state index in [0.29, 0.717) is 61.5 Å². The van der Waals surface area contributed by atoms with E-state index >= 15 is 0 Å². The van der Waals surface area contributed by atoms with Crippen molar-refractivity contribution in [1.29, 1.82) is 21.3 Å². The number of hydrogen-bond donors (Lipinski definition) is 6. The number of nitriles is 2. The molecule has 10 rings (SSSR count). The van der Waals surface area contributed by atoms with Gasteiger partial charge in [0, 0.05) is 139 Å². The molecule has 4 saturated heterocycles. The van der Waals surface area contributed by atoms with Gasteiger partial charge >= 0.3 is 0 Å². The van der Waals surface area contributed by atoms with E-state index in [1.165, 1.54) is 46.1 Å². The summed E-state index contributed by atoms with van der Waals surface area (Å²) in [6, 6.07) is 31.2. The number of rotatable bonds is 8. The number of nitrogens with zero attached hydrogens (tertiary/aromatic N) is 8. The Balaban J connectivity index is 0.000000174. The number of allylic oxidation sites excluding steroid dienone is 2. The van der Waals surface area contributed by atoms with Crippen LogP contribution in [0.1, 0.15) is 84.3 Å². The highest BCUT2D eigenvalue weighted by atomic mass is 16.3. The monoisotopic (exact) mass is 941 g/mol. The molecular formula is C56H68N12O2. The molecule has 0 amide bonds. The zero-order valence-electron chi connectivity index (χ0n) is 41.1. The average Bonchev–Trinajstić information content (AvgIpc) is 3.78. The molecule has 6 N–H and O–H groups in total. The topological polar surface area (TPSA) is 179 Å². The third-order valence-electron chi connectivity index (χ3n) is 15.0. The molecule has 0 radical (unpaired) electrons. The predicted octanol–water partition coefficient (Wildman–Crippen LogP) is 6.29. The maximum Gasteiger partial charge on any atom is 0.0991 e. The van der Waals surface area contributed by atoms with E-state index in [1.54, 1.807) is 12.2 Å². The second kappa shape index (κ2) is 20.5. The lowest BCUT2D eigenvalue weighted by molar-refractivity contribution is 0.0724. The fourth-order valence-corrected chi connectivity index (χ4v) is 11.7. The molecular weight excluding hydrogens is 873 g/mol. The maximum absolute atomic E-state index is 10.7. The molecule has 70 heavy (non-hydrogen) atoms. The van der Waals surface area contributed by atoms with Crippen molar-refractivity contribution in [2.75, 3.05) is 98.1 Å². The Bertz CT molecular complexity index is 2550. The average molecular weight is 941 g/mol. The van der Waals surface area contributed by atoms with Crippen LogP contribution in [-0.2, 0) is 13.1 Å². The van der Waals surface area contributed by atoms with E-state index in [4.69, 9.17) is 10.8 Å². The molecule has 6 heterocycles. The van der Waals surface area contributed by atoms with Gasteiger partial charge in [-0.2, -0.15) is 10.5 Å². The first kappa shape index (κ1) is 48.7. The number of anilines is 4. The van der Waals surface area contributed by atoms with Gasteiger partial charge in [0.1, 0.15) is 0 Å². The minimum atomic E-state index is -0.743. The minimum Gasteiger partial charge on any atom is -0.387 e. The molecule has 4 fully saturated rings. The Morgan fingerprint density at radius 1 is 0.600 bits per heavy atom. The van der Waals surface area contributed by atoms with Gasteiger partial charge in [0.25, 0.3) is 0 Å². The summed E-state index contributed by atoms with van der Waals surface area (Å²) in [4.78, 5) is 14.6. The lowest BCUT2D eigenvalue weighted by Gasteiger charge is -2.44. The lowest BCUT2D eigenvalue weighted by Crippen LogP contribution is -2.51. The first-order valence-electron chi connectivity index (χ1n) is 24.8. The van der Waals surface area contributed by atoms with Crippen molar-refractivity contribution in [2.45, 2.75) is 76.2 Å². The quantitative estimate of drug-likeness (QED) is 0.109. The van der Waals surface area contributed by atoms with Crippen molar-refractivity contribution in [1.82, 2.24) is 20.4 Å². The molecule has 14 heteroatoms. The summed E-state index contributed by atoms with van der Waals surface area (Å²) >= 11 is 0. The van der Waals surface area contributed by atoms with Crippen molar-refractivity contribution >= 4 is 47.3 Å². The zero-order chi connectivity index (χ0) is 49.2. The smallest absolute Gasteiger partial charge is 0.0991 e. The summed E-state index contributed by atoms with van der Waals surface area (Å²) < 4.78 is 0. The Morgan fingerprint density at radius 2 is 1.03 bits per heavy atom. The largest absolute Gasteiger partial charge is 0.387 e. The van der Waals surface area contributed by atoms with Gasteiger partial charge in [-0.05, 0) is 134 Å². The van der Waals surface area contributed by atoms with Gasteiger partial charge in [0.2, 0.25) is 0 Å². The molecule has 4 aromatic rings. The molecule has 364 valence electrons. The van der Waals surface area contributed by atoms with Crippen LogP contribution >= 0.6 is 0 Å².